The summed E-state index contributed by atoms with van der Waals surface area (Å²) in [5, 5.41) is 4.80. The molecule has 0 aliphatic rings. The number of para-hydroxylation sites is 4. The van der Waals surface area contributed by atoms with Crippen molar-refractivity contribution >= 4 is 60.8 Å². The van der Waals surface area contributed by atoms with E-state index in [-0.39, 0.29) is 0 Å². The van der Waals surface area contributed by atoms with Crippen LogP contribution < -0.4 is 4.90 Å². The van der Waals surface area contributed by atoms with Crippen molar-refractivity contribution in [3.8, 4) is 72.4 Å². The number of benzene rings is 12. The van der Waals surface area contributed by atoms with Gasteiger partial charge in [-0.3, -0.25) is 0 Å². The van der Waals surface area contributed by atoms with Crippen LogP contribution in [-0.4, -0.2) is 4.57 Å². The lowest BCUT2D eigenvalue weighted by atomic mass is 9.95. The molecular formula is C72H48N2O. The first kappa shape index (κ1) is 43.8. The Balaban J connectivity index is 0.802. The molecule has 2 heterocycles. The monoisotopic (exact) mass is 956 g/mol. The normalized spacial score (nSPS) is 11.5. The Morgan fingerprint density at radius 2 is 0.693 bits per heavy atom. The van der Waals surface area contributed by atoms with Gasteiger partial charge in [-0.2, -0.15) is 0 Å². The number of rotatable bonds is 10. The Kier molecular flexibility index (Phi) is 10.8. The molecule has 75 heavy (non-hydrogen) atoms. The quantitative estimate of drug-likeness (QED) is 0.136. The lowest BCUT2D eigenvalue weighted by Crippen LogP contribution is -2.11. The van der Waals surface area contributed by atoms with Gasteiger partial charge in [0.1, 0.15) is 11.2 Å². The first-order valence-electron chi connectivity index (χ1n) is 25.6. The Morgan fingerprint density at radius 1 is 0.267 bits per heavy atom. The molecule has 3 nitrogen and oxygen atoms in total. The second kappa shape index (κ2) is 18.6. The molecule has 0 bridgehead atoms. The van der Waals surface area contributed by atoms with Gasteiger partial charge in [-0.1, -0.05) is 218 Å². The highest BCUT2D eigenvalue weighted by Crippen LogP contribution is 2.44. The van der Waals surface area contributed by atoms with Crippen molar-refractivity contribution in [2.24, 2.45) is 0 Å². The highest BCUT2D eigenvalue weighted by Gasteiger charge is 2.19. The highest BCUT2D eigenvalue weighted by atomic mass is 16.3. The number of aromatic nitrogens is 1. The first-order valence-corrected chi connectivity index (χ1v) is 25.6. The Bertz CT molecular complexity index is 4320. The molecule has 12 aromatic carbocycles. The summed E-state index contributed by atoms with van der Waals surface area (Å²) in [6.07, 6.45) is 0. The SMILES string of the molecule is c1ccc(-c2ccc(-c3ccccc3N(c3ccc(-c4ccc(-c5cccc(-n6c7ccccc7c7ccccc76)c5)cc4)cc3)c3ccc(-c4cccc(-c5cccc6oc7ccccc7c56)c4)cc3)cc2)cc1. The summed E-state index contributed by atoms with van der Waals surface area (Å²) >= 11 is 0. The van der Waals surface area contributed by atoms with E-state index in [2.05, 4.69) is 289 Å². The van der Waals surface area contributed by atoms with Crippen LogP contribution in [0.2, 0.25) is 0 Å². The van der Waals surface area contributed by atoms with E-state index in [4.69, 9.17) is 4.42 Å². The number of nitrogens with zero attached hydrogens (tertiary/aromatic N) is 2. The zero-order valence-corrected chi connectivity index (χ0v) is 41.0. The minimum Gasteiger partial charge on any atom is -0.456 e. The summed E-state index contributed by atoms with van der Waals surface area (Å²) in [7, 11) is 0. The average molecular weight is 957 g/mol. The molecule has 0 unspecified atom stereocenters. The molecule has 0 aliphatic carbocycles. The summed E-state index contributed by atoms with van der Waals surface area (Å²) in [6, 6.07) is 105. The van der Waals surface area contributed by atoms with Crippen LogP contribution in [0.5, 0.6) is 0 Å². The predicted molar refractivity (Wildman–Crippen MR) is 315 cm³/mol. The van der Waals surface area contributed by atoms with Crippen LogP contribution >= 0.6 is 0 Å². The van der Waals surface area contributed by atoms with Gasteiger partial charge in [-0.25, -0.2) is 0 Å². The van der Waals surface area contributed by atoms with Crippen molar-refractivity contribution in [3.05, 3.63) is 291 Å². The third kappa shape index (κ3) is 7.95. The topological polar surface area (TPSA) is 21.3 Å². The zero-order valence-electron chi connectivity index (χ0n) is 41.0. The molecule has 14 aromatic rings. The maximum Gasteiger partial charge on any atom is 0.136 e. The smallest absolute Gasteiger partial charge is 0.136 e. The van der Waals surface area contributed by atoms with Gasteiger partial charge < -0.3 is 13.9 Å². The summed E-state index contributed by atoms with van der Waals surface area (Å²) in [4.78, 5) is 2.39. The number of fused-ring (bicyclic) bond motifs is 6. The molecule has 0 saturated carbocycles. The maximum atomic E-state index is 6.27. The molecule has 3 heteroatoms. The first-order chi connectivity index (χ1) is 37.2. The fourth-order valence-corrected chi connectivity index (χ4v) is 11.2. The van der Waals surface area contributed by atoms with Crippen LogP contribution in [-0.2, 0) is 0 Å². The number of furan rings is 1. The zero-order chi connectivity index (χ0) is 49.7. The molecule has 0 fully saturated rings. The van der Waals surface area contributed by atoms with E-state index in [1.165, 1.54) is 44.1 Å². The van der Waals surface area contributed by atoms with E-state index in [0.717, 1.165) is 89.2 Å². The molecule has 0 atom stereocenters. The predicted octanol–water partition coefficient (Wildman–Crippen LogP) is 20.2. The largest absolute Gasteiger partial charge is 0.456 e. The second-order valence-electron chi connectivity index (χ2n) is 19.2. The number of hydrogen-bond donors (Lipinski definition) is 0. The van der Waals surface area contributed by atoms with Crippen molar-refractivity contribution in [2.75, 3.05) is 4.90 Å². The van der Waals surface area contributed by atoms with E-state index in [0.29, 0.717) is 0 Å². The van der Waals surface area contributed by atoms with Crippen LogP contribution in [0.1, 0.15) is 0 Å². The molecule has 2 aromatic heterocycles. The van der Waals surface area contributed by atoms with E-state index >= 15 is 0 Å². The van der Waals surface area contributed by atoms with Gasteiger partial charge in [0.15, 0.2) is 0 Å². The Morgan fingerprint density at radius 3 is 1.35 bits per heavy atom. The molecule has 0 aliphatic heterocycles. The summed E-state index contributed by atoms with van der Waals surface area (Å²) < 4.78 is 8.65. The summed E-state index contributed by atoms with van der Waals surface area (Å²) in [5.41, 5.74) is 22.6. The van der Waals surface area contributed by atoms with Gasteiger partial charge in [0.25, 0.3) is 0 Å². The Labute approximate surface area is 436 Å². The fraction of sp³-hybridized carbons (Fsp3) is 0. The minimum absolute atomic E-state index is 0.899. The van der Waals surface area contributed by atoms with E-state index < -0.39 is 0 Å². The average Bonchev–Trinajstić information content (AvgIpc) is 4.06. The molecular weight excluding hydrogens is 909 g/mol. The van der Waals surface area contributed by atoms with Crippen LogP contribution in [0.25, 0.3) is 116 Å². The molecule has 0 amide bonds. The summed E-state index contributed by atoms with van der Waals surface area (Å²) in [5.74, 6) is 0. The van der Waals surface area contributed by atoms with Crippen molar-refractivity contribution in [1.82, 2.24) is 4.57 Å². The maximum absolute atomic E-state index is 6.27. The second-order valence-corrected chi connectivity index (χ2v) is 19.2. The van der Waals surface area contributed by atoms with Crippen molar-refractivity contribution in [3.63, 3.8) is 0 Å². The third-order valence-electron chi connectivity index (χ3n) is 14.8. The number of anilines is 3. The highest BCUT2D eigenvalue weighted by molar-refractivity contribution is 6.13. The van der Waals surface area contributed by atoms with Gasteiger partial charge in [-0.15, -0.1) is 0 Å². The van der Waals surface area contributed by atoms with Crippen LogP contribution in [0.15, 0.2) is 296 Å². The Hall–Kier alpha value is -9.96. The van der Waals surface area contributed by atoms with Crippen LogP contribution in [0, 0.1) is 0 Å². The molecule has 0 saturated heterocycles. The lowest BCUT2D eigenvalue weighted by Gasteiger charge is -2.28. The molecule has 352 valence electrons. The van der Waals surface area contributed by atoms with Gasteiger partial charge >= 0.3 is 0 Å². The van der Waals surface area contributed by atoms with Gasteiger partial charge in [0, 0.05) is 44.2 Å². The van der Waals surface area contributed by atoms with Crippen molar-refractivity contribution < 1.29 is 4.42 Å². The lowest BCUT2D eigenvalue weighted by molar-refractivity contribution is 0.669. The fourth-order valence-electron chi connectivity index (χ4n) is 11.2. The van der Waals surface area contributed by atoms with Gasteiger partial charge in [0.05, 0.1) is 16.7 Å². The standard InChI is InChI=1S/C72H48N2O/c1-2-15-49(16-3-1)50-35-37-55(38-36-50)62-21-4-8-26-67(62)73(60-45-41-54(42-46-60)56-17-12-19-58(47-56)63-25-14-30-71-72(63)66-24-7-11-29-70(66)75-71)59-43-39-52(40-44-59)51-31-33-53(34-32-51)57-18-13-20-61(48-57)74-68-27-9-5-22-64(68)65-23-6-10-28-69(65)74/h1-48H. The minimum atomic E-state index is 0.899. The van der Waals surface area contributed by atoms with Crippen molar-refractivity contribution in [2.45, 2.75) is 0 Å². The van der Waals surface area contributed by atoms with Gasteiger partial charge in [0.2, 0.25) is 0 Å². The van der Waals surface area contributed by atoms with Crippen LogP contribution in [0.3, 0.4) is 0 Å². The van der Waals surface area contributed by atoms with Crippen molar-refractivity contribution in [1.29, 1.82) is 0 Å². The number of hydrogen-bond acceptors (Lipinski definition) is 2. The van der Waals surface area contributed by atoms with Gasteiger partial charge in [-0.05, 0) is 134 Å². The van der Waals surface area contributed by atoms with E-state index in [9.17, 15) is 0 Å². The molecule has 0 spiro atoms. The van der Waals surface area contributed by atoms with E-state index in [1.807, 2.05) is 12.1 Å². The molecule has 0 N–H and O–H groups in total. The molecule has 14 rings (SSSR count). The third-order valence-corrected chi connectivity index (χ3v) is 14.8. The van der Waals surface area contributed by atoms with E-state index in [1.54, 1.807) is 0 Å². The van der Waals surface area contributed by atoms with Crippen LogP contribution in [0.4, 0.5) is 17.1 Å². The summed E-state index contributed by atoms with van der Waals surface area (Å²) in [6.45, 7) is 0. The molecule has 0 radical (unpaired) electrons.